The molecule has 0 radical (unpaired) electrons. The van der Waals surface area contributed by atoms with Crippen LogP contribution in [-0.2, 0) is 22.2 Å². The van der Waals surface area contributed by atoms with Crippen molar-refractivity contribution in [1.29, 1.82) is 0 Å². The highest BCUT2D eigenvalue weighted by atomic mass is 32.2. The number of fused-ring (bicyclic) bond motifs is 4. The van der Waals surface area contributed by atoms with E-state index in [-0.39, 0.29) is 36.1 Å². The molecule has 1 saturated heterocycles. The van der Waals surface area contributed by atoms with Crippen molar-refractivity contribution in [3.63, 3.8) is 0 Å². The molecule has 1 amide bonds. The summed E-state index contributed by atoms with van der Waals surface area (Å²) in [6.07, 6.45) is 0. The molecule has 0 N–H and O–H groups in total. The molecular formula is C23H17FN4O5S2. The maximum Gasteiger partial charge on any atom is 0.272 e. The lowest BCUT2D eigenvalue weighted by Crippen LogP contribution is -2.59. The summed E-state index contributed by atoms with van der Waals surface area (Å²) in [4.78, 5) is 26.4. The molecular weight excluding hydrogens is 495 g/mol. The molecule has 2 aromatic heterocycles. The van der Waals surface area contributed by atoms with Gasteiger partial charge in [0.05, 0.1) is 16.4 Å². The highest BCUT2D eigenvalue weighted by Crippen LogP contribution is 2.47. The smallest absolute Gasteiger partial charge is 0.272 e. The number of carbonyl (C=O) groups excluding carboxylic acids is 1. The van der Waals surface area contributed by atoms with Crippen molar-refractivity contribution in [2.24, 2.45) is 0 Å². The van der Waals surface area contributed by atoms with E-state index in [0.29, 0.717) is 11.3 Å². The predicted octanol–water partition coefficient (Wildman–Crippen LogP) is 3.76. The maximum atomic E-state index is 13.9. The Bertz CT molecular complexity index is 1610. The number of sulfonamides is 1. The number of rotatable bonds is 4. The van der Waals surface area contributed by atoms with Crippen molar-refractivity contribution in [2.75, 3.05) is 13.1 Å². The lowest BCUT2D eigenvalue weighted by Gasteiger charge is -2.46. The first-order valence-corrected chi connectivity index (χ1v) is 13.0. The first-order chi connectivity index (χ1) is 16.7. The molecule has 6 rings (SSSR count). The van der Waals surface area contributed by atoms with E-state index in [1.165, 1.54) is 56.9 Å². The molecule has 1 unspecified atom stereocenters. The molecule has 12 heteroatoms. The normalized spacial score (nSPS) is 20.3. The highest BCUT2D eigenvalue weighted by Gasteiger charge is 2.58. The van der Waals surface area contributed by atoms with Gasteiger partial charge >= 0.3 is 0 Å². The molecule has 2 aromatic carbocycles. The van der Waals surface area contributed by atoms with E-state index in [0.717, 1.165) is 22.3 Å². The fourth-order valence-corrected chi connectivity index (χ4v) is 7.70. The molecule has 2 aliphatic rings. The van der Waals surface area contributed by atoms with Crippen LogP contribution in [0.4, 0.5) is 10.1 Å². The maximum absolute atomic E-state index is 13.9. The minimum Gasteiger partial charge on any atom is -0.324 e. The lowest BCUT2D eigenvalue weighted by atomic mass is 9.96. The molecule has 0 spiro atoms. The van der Waals surface area contributed by atoms with Crippen molar-refractivity contribution in [1.82, 2.24) is 13.8 Å². The van der Waals surface area contributed by atoms with Gasteiger partial charge in [0, 0.05) is 30.6 Å². The first-order valence-electron chi connectivity index (χ1n) is 10.7. The Hall–Kier alpha value is -3.61. The standard InChI is InChI=1S/C23H17FN4O5S2/c24-17-3-1-16(2-4-17)23-14-25-20(13-15-9-12-34-22(15)25)21(29)26(23)10-11-27(23)35(32,33)19-7-5-18(6-8-19)28(30)31/h1-9,12-13H,10-11,14H2. The highest BCUT2D eigenvalue weighted by molar-refractivity contribution is 7.89. The number of nitro benzene ring substituents is 1. The van der Waals surface area contributed by atoms with Gasteiger partial charge in [-0.1, -0.05) is 12.1 Å². The molecule has 0 bridgehead atoms. The van der Waals surface area contributed by atoms with Crippen molar-refractivity contribution in [3.05, 3.63) is 93.2 Å². The van der Waals surface area contributed by atoms with Crippen LogP contribution in [0, 0.1) is 15.9 Å². The van der Waals surface area contributed by atoms with Gasteiger partial charge in [-0.2, -0.15) is 4.31 Å². The number of amides is 1. The molecule has 1 atom stereocenters. The molecule has 35 heavy (non-hydrogen) atoms. The summed E-state index contributed by atoms with van der Waals surface area (Å²) in [5.41, 5.74) is -0.738. The summed E-state index contributed by atoms with van der Waals surface area (Å²) < 4.78 is 44.8. The van der Waals surface area contributed by atoms with E-state index >= 15 is 0 Å². The van der Waals surface area contributed by atoms with Crippen LogP contribution in [-0.4, -0.2) is 46.1 Å². The molecule has 9 nitrogen and oxygen atoms in total. The summed E-state index contributed by atoms with van der Waals surface area (Å²) in [6.45, 7) is 0.276. The minimum absolute atomic E-state index is 0.0147. The Morgan fingerprint density at radius 1 is 1.03 bits per heavy atom. The third-order valence-electron chi connectivity index (χ3n) is 6.67. The largest absolute Gasteiger partial charge is 0.324 e. The molecule has 178 valence electrons. The van der Waals surface area contributed by atoms with Crippen LogP contribution in [0.15, 0.2) is 70.9 Å². The van der Waals surface area contributed by atoms with Gasteiger partial charge in [0.25, 0.3) is 11.6 Å². The van der Waals surface area contributed by atoms with E-state index in [9.17, 15) is 27.7 Å². The van der Waals surface area contributed by atoms with Crippen LogP contribution < -0.4 is 0 Å². The second kappa shape index (κ2) is 7.44. The lowest BCUT2D eigenvalue weighted by molar-refractivity contribution is -0.384. The van der Waals surface area contributed by atoms with Gasteiger partial charge in [-0.3, -0.25) is 14.9 Å². The number of non-ortho nitro benzene ring substituents is 1. The number of nitrogens with zero attached hydrogens (tertiary/aromatic N) is 4. The zero-order chi connectivity index (χ0) is 24.5. The minimum atomic E-state index is -4.20. The molecule has 1 fully saturated rings. The molecule has 0 saturated carbocycles. The van der Waals surface area contributed by atoms with Crippen LogP contribution in [0.2, 0.25) is 0 Å². The number of nitro groups is 1. The quantitative estimate of drug-likeness (QED) is 0.306. The Morgan fingerprint density at radius 3 is 2.43 bits per heavy atom. The second-order valence-electron chi connectivity index (χ2n) is 8.41. The molecule has 2 aliphatic heterocycles. The Morgan fingerprint density at radius 2 is 1.74 bits per heavy atom. The molecule has 4 aromatic rings. The summed E-state index contributed by atoms with van der Waals surface area (Å²) in [5.74, 6) is -0.797. The Balaban J connectivity index is 1.56. The van der Waals surface area contributed by atoms with Crippen LogP contribution in [0.25, 0.3) is 10.2 Å². The third kappa shape index (κ3) is 3.00. The van der Waals surface area contributed by atoms with Gasteiger partial charge in [0.2, 0.25) is 10.0 Å². The van der Waals surface area contributed by atoms with Gasteiger partial charge in [-0.05, 0) is 47.3 Å². The summed E-state index contributed by atoms with van der Waals surface area (Å²) >= 11 is 1.45. The topological polar surface area (TPSA) is 106 Å². The first kappa shape index (κ1) is 21.9. The number of carbonyl (C=O) groups is 1. The average Bonchev–Trinajstić information content (AvgIpc) is 3.54. The number of halogens is 1. The van der Waals surface area contributed by atoms with Gasteiger partial charge in [-0.25, -0.2) is 12.8 Å². The fourth-order valence-electron chi connectivity index (χ4n) is 5.09. The zero-order valence-electron chi connectivity index (χ0n) is 18.0. The number of hydrogen-bond acceptors (Lipinski definition) is 6. The number of benzene rings is 2. The Labute approximate surface area is 202 Å². The number of hydrogen-bond donors (Lipinski definition) is 0. The van der Waals surface area contributed by atoms with E-state index in [1.807, 2.05) is 16.0 Å². The summed E-state index contributed by atoms with van der Waals surface area (Å²) in [5, 5.41) is 13.8. The molecule has 4 heterocycles. The van der Waals surface area contributed by atoms with E-state index in [1.54, 1.807) is 6.07 Å². The van der Waals surface area contributed by atoms with Crippen molar-refractivity contribution >= 4 is 43.2 Å². The van der Waals surface area contributed by atoms with Crippen molar-refractivity contribution < 1.29 is 22.5 Å². The number of thiophene rings is 1. The van der Waals surface area contributed by atoms with E-state index < -0.39 is 26.4 Å². The number of aromatic nitrogens is 1. The van der Waals surface area contributed by atoms with Crippen molar-refractivity contribution in [2.45, 2.75) is 17.1 Å². The average molecular weight is 513 g/mol. The van der Waals surface area contributed by atoms with Crippen LogP contribution in [0.1, 0.15) is 16.1 Å². The predicted molar refractivity (Wildman–Crippen MR) is 126 cm³/mol. The summed E-state index contributed by atoms with van der Waals surface area (Å²) in [7, 11) is -4.20. The van der Waals surface area contributed by atoms with Gasteiger partial charge in [-0.15, -0.1) is 11.3 Å². The molecule has 0 aliphatic carbocycles. The van der Waals surface area contributed by atoms with Crippen LogP contribution in [0.5, 0.6) is 0 Å². The van der Waals surface area contributed by atoms with Gasteiger partial charge < -0.3 is 9.47 Å². The SMILES string of the molecule is O=C1c2cc3ccsc3n2CC2(c3ccc(F)cc3)N1CCN2S(=O)(=O)c1ccc([N+](=O)[O-])cc1. The fraction of sp³-hybridized carbons (Fsp3) is 0.174. The van der Waals surface area contributed by atoms with E-state index in [2.05, 4.69) is 0 Å². The van der Waals surface area contributed by atoms with Crippen molar-refractivity contribution in [3.8, 4) is 0 Å². The summed E-state index contributed by atoms with van der Waals surface area (Å²) in [6, 6.07) is 13.8. The van der Waals surface area contributed by atoms with Gasteiger partial charge in [0.1, 0.15) is 16.3 Å². The third-order valence-corrected chi connectivity index (χ3v) is 9.56. The van der Waals surface area contributed by atoms with Crippen LogP contribution >= 0.6 is 11.3 Å². The van der Waals surface area contributed by atoms with Crippen LogP contribution in [0.3, 0.4) is 0 Å². The van der Waals surface area contributed by atoms with E-state index in [4.69, 9.17) is 0 Å². The second-order valence-corrected chi connectivity index (χ2v) is 11.2. The monoisotopic (exact) mass is 512 g/mol. The Kier molecular flexibility index (Phi) is 4.66. The van der Waals surface area contributed by atoms with Gasteiger partial charge in [0.15, 0.2) is 5.66 Å². The zero-order valence-corrected chi connectivity index (χ0v) is 19.6.